The maximum Gasteiger partial charge on any atom is 0.271 e. The van der Waals surface area contributed by atoms with Crippen LogP contribution in [0, 0.1) is 10.1 Å². The van der Waals surface area contributed by atoms with Crippen LogP contribution in [0.5, 0.6) is 0 Å². The minimum absolute atomic E-state index is 0.137. The summed E-state index contributed by atoms with van der Waals surface area (Å²) in [5, 5.41) is 16.1. The smallest absolute Gasteiger partial charge is 0.271 e. The van der Waals surface area contributed by atoms with Gasteiger partial charge in [0.1, 0.15) is 6.17 Å². The Balaban J connectivity index is 2.19. The van der Waals surface area contributed by atoms with E-state index in [0.717, 1.165) is 0 Å². The largest absolute Gasteiger partial charge is 0.362 e. The molecule has 10 heteroatoms. The number of nitrogens with one attached hydrogen (secondary N) is 2. The van der Waals surface area contributed by atoms with Crippen LogP contribution in [0.1, 0.15) is 10.4 Å². The van der Waals surface area contributed by atoms with Crippen molar-refractivity contribution in [3.8, 4) is 0 Å². The summed E-state index contributed by atoms with van der Waals surface area (Å²) in [5.74, 6) is -0.516. The van der Waals surface area contributed by atoms with E-state index in [9.17, 15) is 14.9 Å². The van der Waals surface area contributed by atoms with Crippen molar-refractivity contribution >= 4 is 52.1 Å². The minimum atomic E-state index is -1.90. The normalized spacial score (nSPS) is 12.3. The summed E-state index contributed by atoms with van der Waals surface area (Å²) in [4.78, 5) is 26.3. The van der Waals surface area contributed by atoms with Crippen LogP contribution in [0.3, 0.4) is 0 Å². The molecule has 0 aliphatic rings. The van der Waals surface area contributed by atoms with Crippen LogP contribution in [-0.2, 0) is 0 Å². The first-order valence-electron chi connectivity index (χ1n) is 6.56. The fourth-order valence-corrected chi connectivity index (χ4v) is 2.11. The highest BCUT2D eigenvalue weighted by atomic mass is 35.6. The summed E-state index contributed by atoms with van der Waals surface area (Å²) in [5.41, 5.74) is 0.450. The van der Waals surface area contributed by atoms with Gasteiger partial charge in [0, 0.05) is 30.2 Å². The number of nitrogens with zero attached hydrogens (tertiary/aromatic N) is 2. The van der Waals surface area contributed by atoms with Gasteiger partial charge in [-0.2, -0.15) is 0 Å². The van der Waals surface area contributed by atoms with Crippen molar-refractivity contribution in [1.82, 2.24) is 10.3 Å². The Labute approximate surface area is 152 Å². The summed E-state index contributed by atoms with van der Waals surface area (Å²) < 4.78 is -1.90. The third kappa shape index (κ3) is 4.95. The number of anilines is 1. The van der Waals surface area contributed by atoms with Crippen molar-refractivity contribution in [2.75, 3.05) is 5.32 Å². The van der Waals surface area contributed by atoms with Crippen molar-refractivity contribution in [3.05, 3.63) is 64.5 Å². The second kappa shape index (κ2) is 7.65. The Hall–Kier alpha value is -2.09. The van der Waals surface area contributed by atoms with Gasteiger partial charge in [0.05, 0.1) is 10.5 Å². The summed E-state index contributed by atoms with van der Waals surface area (Å²) in [6, 6.07) is 8.74. The number of aromatic nitrogens is 1. The van der Waals surface area contributed by atoms with E-state index >= 15 is 0 Å². The zero-order valence-electron chi connectivity index (χ0n) is 11.9. The molecule has 1 unspecified atom stereocenters. The van der Waals surface area contributed by atoms with Gasteiger partial charge < -0.3 is 10.6 Å². The van der Waals surface area contributed by atoms with Gasteiger partial charge in [-0.1, -0.05) is 40.9 Å². The first-order chi connectivity index (χ1) is 11.3. The molecule has 1 aromatic heterocycles. The average Bonchev–Trinajstić information content (AvgIpc) is 2.54. The number of halogens is 3. The Morgan fingerprint density at radius 2 is 2.00 bits per heavy atom. The summed E-state index contributed by atoms with van der Waals surface area (Å²) in [6.07, 6.45) is 1.75. The third-order valence-corrected chi connectivity index (χ3v) is 3.55. The second-order valence-corrected chi connectivity index (χ2v) is 7.01. The van der Waals surface area contributed by atoms with Crippen LogP contribution in [0.2, 0.25) is 0 Å². The van der Waals surface area contributed by atoms with Crippen LogP contribution in [-0.4, -0.2) is 25.8 Å². The van der Waals surface area contributed by atoms with Crippen LogP contribution in [0.15, 0.2) is 48.8 Å². The molecule has 0 fully saturated rings. The van der Waals surface area contributed by atoms with E-state index in [4.69, 9.17) is 34.8 Å². The molecule has 0 saturated carbocycles. The molecule has 126 valence electrons. The molecule has 0 saturated heterocycles. The number of non-ortho nitro benzene ring substituents is 1. The van der Waals surface area contributed by atoms with Gasteiger partial charge in [0.2, 0.25) is 3.79 Å². The molecule has 2 aromatic rings. The van der Waals surface area contributed by atoms with E-state index in [0.29, 0.717) is 5.69 Å². The zero-order chi connectivity index (χ0) is 17.7. The number of nitro groups is 1. The number of carbonyl (C=O) groups excluding carboxylic acids is 1. The number of pyridine rings is 1. The molecule has 1 amide bonds. The quantitative estimate of drug-likeness (QED) is 0.353. The van der Waals surface area contributed by atoms with Crippen molar-refractivity contribution in [1.29, 1.82) is 0 Å². The molecule has 1 atom stereocenters. The minimum Gasteiger partial charge on any atom is -0.362 e. The Morgan fingerprint density at radius 1 is 1.25 bits per heavy atom. The lowest BCUT2D eigenvalue weighted by molar-refractivity contribution is -0.384. The van der Waals surface area contributed by atoms with Crippen LogP contribution in [0.4, 0.5) is 11.4 Å². The van der Waals surface area contributed by atoms with Gasteiger partial charge in [-0.25, -0.2) is 0 Å². The summed E-state index contributed by atoms with van der Waals surface area (Å²) in [6.45, 7) is 0. The van der Waals surface area contributed by atoms with Gasteiger partial charge in [-0.3, -0.25) is 19.9 Å². The number of hydrogen-bond donors (Lipinski definition) is 2. The first kappa shape index (κ1) is 18.3. The number of rotatable bonds is 5. The van der Waals surface area contributed by atoms with E-state index in [-0.39, 0.29) is 11.3 Å². The van der Waals surface area contributed by atoms with E-state index in [1.54, 1.807) is 18.2 Å². The average molecular weight is 390 g/mol. The van der Waals surface area contributed by atoms with Crippen molar-refractivity contribution < 1.29 is 9.72 Å². The van der Waals surface area contributed by atoms with Crippen LogP contribution < -0.4 is 10.6 Å². The highest BCUT2D eigenvalue weighted by Gasteiger charge is 2.34. The fraction of sp³-hybridized carbons (Fsp3) is 0.143. The van der Waals surface area contributed by atoms with Crippen LogP contribution >= 0.6 is 34.8 Å². The molecule has 7 nitrogen and oxygen atoms in total. The monoisotopic (exact) mass is 388 g/mol. The Kier molecular flexibility index (Phi) is 5.82. The highest BCUT2D eigenvalue weighted by Crippen LogP contribution is 2.31. The number of nitro benzene ring substituents is 1. The molecule has 2 rings (SSSR count). The molecule has 1 heterocycles. The molecular formula is C14H11Cl3N4O3. The summed E-state index contributed by atoms with van der Waals surface area (Å²) >= 11 is 17.7. The number of alkyl halides is 3. The molecule has 0 radical (unpaired) electrons. The molecule has 2 N–H and O–H groups in total. The molecular weight excluding hydrogens is 379 g/mol. The third-order valence-electron chi connectivity index (χ3n) is 2.89. The number of hydrogen-bond acceptors (Lipinski definition) is 5. The van der Waals surface area contributed by atoms with Crippen molar-refractivity contribution in [2.45, 2.75) is 9.96 Å². The van der Waals surface area contributed by atoms with Gasteiger partial charge in [0.15, 0.2) is 0 Å². The maximum atomic E-state index is 12.2. The Morgan fingerprint density at radius 3 is 2.58 bits per heavy atom. The molecule has 24 heavy (non-hydrogen) atoms. The SMILES string of the molecule is O=C(NC(Nc1cccc([N+](=O)[O-])c1)C(Cl)(Cl)Cl)c1cccnc1. The molecule has 0 aliphatic carbocycles. The number of amides is 1. The van der Waals surface area contributed by atoms with Gasteiger partial charge in [-0.15, -0.1) is 0 Å². The molecule has 0 bridgehead atoms. The van der Waals surface area contributed by atoms with E-state index in [1.165, 1.54) is 30.6 Å². The van der Waals surface area contributed by atoms with Gasteiger partial charge in [-0.05, 0) is 18.2 Å². The standard InChI is InChI=1S/C14H11Cl3N4O3/c15-14(16,17)13(20-12(22)9-3-2-6-18-8-9)19-10-4-1-5-11(7-10)21(23)24/h1-8,13,19H,(H,20,22). The molecule has 1 aromatic carbocycles. The Bertz CT molecular complexity index is 738. The lowest BCUT2D eigenvalue weighted by Crippen LogP contribution is -2.49. The van der Waals surface area contributed by atoms with Crippen LogP contribution in [0.25, 0.3) is 0 Å². The van der Waals surface area contributed by atoms with Crippen molar-refractivity contribution in [3.63, 3.8) is 0 Å². The number of carbonyl (C=O) groups is 1. The van der Waals surface area contributed by atoms with E-state index in [2.05, 4.69) is 15.6 Å². The van der Waals surface area contributed by atoms with Crippen molar-refractivity contribution in [2.24, 2.45) is 0 Å². The molecule has 0 spiro atoms. The number of benzene rings is 1. The van der Waals surface area contributed by atoms with E-state index < -0.39 is 20.8 Å². The summed E-state index contributed by atoms with van der Waals surface area (Å²) in [7, 11) is 0. The van der Waals surface area contributed by atoms with Gasteiger partial charge >= 0.3 is 0 Å². The first-order valence-corrected chi connectivity index (χ1v) is 7.69. The topological polar surface area (TPSA) is 97.2 Å². The maximum absolute atomic E-state index is 12.2. The predicted molar refractivity (Wildman–Crippen MR) is 92.5 cm³/mol. The lowest BCUT2D eigenvalue weighted by Gasteiger charge is -2.27. The van der Waals surface area contributed by atoms with E-state index in [1.807, 2.05) is 0 Å². The second-order valence-electron chi connectivity index (χ2n) is 4.64. The van der Waals surface area contributed by atoms with Gasteiger partial charge in [0.25, 0.3) is 11.6 Å². The predicted octanol–water partition coefficient (Wildman–Crippen LogP) is 3.53. The molecule has 0 aliphatic heterocycles. The lowest BCUT2D eigenvalue weighted by atomic mass is 10.2. The fourth-order valence-electron chi connectivity index (χ4n) is 1.79. The highest BCUT2D eigenvalue weighted by molar-refractivity contribution is 6.68. The zero-order valence-corrected chi connectivity index (χ0v) is 14.2.